The lowest BCUT2D eigenvalue weighted by atomic mass is 10.3. The van der Waals surface area contributed by atoms with Gasteiger partial charge < -0.3 is 5.73 Å². The van der Waals surface area contributed by atoms with E-state index in [9.17, 15) is 0 Å². The van der Waals surface area contributed by atoms with Gasteiger partial charge in [0.25, 0.3) is 0 Å². The quantitative estimate of drug-likeness (QED) is 0.754. The van der Waals surface area contributed by atoms with Crippen molar-refractivity contribution in [3.63, 3.8) is 0 Å². The molecule has 0 atom stereocenters. The van der Waals surface area contributed by atoms with Crippen LogP contribution in [0.2, 0.25) is 0 Å². The zero-order chi connectivity index (χ0) is 7.84. The Bertz CT molecular complexity index is 396. The maximum Gasteiger partial charge on any atom is 0.0972 e. The van der Waals surface area contributed by atoms with E-state index < -0.39 is 0 Å². The SMILES string of the molecule is Nc1ccnc2c(Br)csc12. The standard InChI is InChI=1S/C7H5BrN2S/c8-4-3-11-7-5(9)1-2-10-6(4)7/h1-3H,(H2,9,10). The third-order valence-corrected chi connectivity index (χ3v) is 3.37. The summed E-state index contributed by atoms with van der Waals surface area (Å²) < 4.78 is 2.07. The van der Waals surface area contributed by atoms with E-state index in [0.717, 1.165) is 20.4 Å². The molecule has 0 fully saturated rings. The summed E-state index contributed by atoms with van der Waals surface area (Å²) in [6.45, 7) is 0. The number of thiophene rings is 1. The number of pyridine rings is 1. The molecule has 56 valence electrons. The molecule has 11 heavy (non-hydrogen) atoms. The number of aromatic nitrogens is 1. The fourth-order valence-corrected chi connectivity index (χ4v) is 2.45. The molecule has 4 heteroatoms. The summed E-state index contributed by atoms with van der Waals surface area (Å²) in [6.07, 6.45) is 1.72. The minimum Gasteiger partial charge on any atom is -0.397 e. The highest BCUT2D eigenvalue weighted by molar-refractivity contribution is 9.10. The molecule has 0 saturated heterocycles. The van der Waals surface area contributed by atoms with Gasteiger partial charge >= 0.3 is 0 Å². The zero-order valence-electron chi connectivity index (χ0n) is 5.54. The predicted octanol–water partition coefficient (Wildman–Crippen LogP) is 2.64. The van der Waals surface area contributed by atoms with Crippen molar-refractivity contribution >= 4 is 43.2 Å². The molecule has 0 radical (unpaired) electrons. The van der Waals surface area contributed by atoms with Crippen molar-refractivity contribution < 1.29 is 0 Å². The largest absolute Gasteiger partial charge is 0.397 e. The molecule has 2 heterocycles. The molecule has 2 nitrogen and oxygen atoms in total. The molecular formula is C7H5BrN2S. The maximum atomic E-state index is 5.72. The summed E-state index contributed by atoms with van der Waals surface area (Å²) in [5, 5.41) is 1.99. The molecule has 0 aliphatic rings. The van der Waals surface area contributed by atoms with Crippen LogP contribution in [-0.2, 0) is 0 Å². The normalized spacial score (nSPS) is 10.6. The minimum atomic E-state index is 0.797. The third-order valence-electron chi connectivity index (χ3n) is 1.44. The number of nitrogens with two attached hydrogens (primary N) is 1. The monoisotopic (exact) mass is 228 g/mol. The number of anilines is 1. The molecular weight excluding hydrogens is 224 g/mol. The van der Waals surface area contributed by atoms with Gasteiger partial charge in [0.1, 0.15) is 0 Å². The van der Waals surface area contributed by atoms with Crippen molar-refractivity contribution in [3.05, 3.63) is 22.1 Å². The van der Waals surface area contributed by atoms with E-state index in [1.807, 2.05) is 11.4 Å². The van der Waals surface area contributed by atoms with Gasteiger partial charge in [0, 0.05) is 11.6 Å². The highest BCUT2D eigenvalue weighted by Crippen LogP contribution is 2.31. The van der Waals surface area contributed by atoms with E-state index in [2.05, 4.69) is 20.9 Å². The average molecular weight is 229 g/mol. The van der Waals surface area contributed by atoms with Crippen LogP contribution in [0.25, 0.3) is 10.2 Å². The molecule has 0 spiro atoms. The Labute approximate surface area is 76.2 Å². The molecule has 2 rings (SSSR count). The Morgan fingerprint density at radius 3 is 3.09 bits per heavy atom. The van der Waals surface area contributed by atoms with Gasteiger partial charge in [0.05, 0.1) is 20.4 Å². The van der Waals surface area contributed by atoms with E-state index in [1.165, 1.54) is 0 Å². The zero-order valence-corrected chi connectivity index (χ0v) is 7.95. The van der Waals surface area contributed by atoms with Gasteiger partial charge in [0.2, 0.25) is 0 Å². The Morgan fingerprint density at radius 2 is 2.36 bits per heavy atom. The summed E-state index contributed by atoms with van der Waals surface area (Å²) in [4.78, 5) is 4.19. The second-order valence-electron chi connectivity index (χ2n) is 2.16. The number of fused-ring (bicyclic) bond motifs is 1. The molecule has 2 aromatic rings. The van der Waals surface area contributed by atoms with Crippen molar-refractivity contribution in [2.24, 2.45) is 0 Å². The van der Waals surface area contributed by atoms with E-state index in [0.29, 0.717) is 0 Å². The number of hydrogen-bond donors (Lipinski definition) is 1. The molecule has 0 aromatic carbocycles. The molecule has 0 unspecified atom stereocenters. The molecule has 2 aromatic heterocycles. The number of hydrogen-bond acceptors (Lipinski definition) is 3. The highest BCUT2D eigenvalue weighted by atomic mass is 79.9. The molecule has 0 aliphatic heterocycles. The highest BCUT2D eigenvalue weighted by Gasteiger charge is 2.03. The number of rotatable bonds is 0. The first-order chi connectivity index (χ1) is 5.29. The fraction of sp³-hybridized carbons (Fsp3) is 0. The molecule has 0 bridgehead atoms. The molecule has 0 saturated carbocycles. The Kier molecular flexibility index (Phi) is 1.58. The van der Waals surface area contributed by atoms with E-state index >= 15 is 0 Å². The van der Waals surface area contributed by atoms with Gasteiger partial charge in [-0.1, -0.05) is 0 Å². The lowest BCUT2D eigenvalue weighted by Crippen LogP contribution is -1.84. The van der Waals surface area contributed by atoms with Crippen LogP contribution in [0.4, 0.5) is 5.69 Å². The summed E-state index contributed by atoms with van der Waals surface area (Å²) in [5.41, 5.74) is 7.47. The van der Waals surface area contributed by atoms with Crippen LogP contribution in [0.15, 0.2) is 22.1 Å². The minimum absolute atomic E-state index is 0.797. The number of nitrogen functional groups attached to an aromatic ring is 1. The van der Waals surface area contributed by atoms with Crippen molar-refractivity contribution in [3.8, 4) is 0 Å². The van der Waals surface area contributed by atoms with Crippen LogP contribution < -0.4 is 5.73 Å². The Morgan fingerprint density at radius 1 is 1.55 bits per heavy atom. The second-order valence-corrected chi connectivity index (χ2v) is 3.90. The first-order valence-corrected chi connectivity index (χ1v) is 4.73. The summed E-state index contributed by atoms with van der Waals surface area (Å²) >= 11 is 5.00. The Hall–Kier alpha value is -0.610. The maximum absolute atomic E-state index is 5.72. The van der Waals surface area contributed by atoms with Gasteiger partial charge in [-0.2, -0.15) is 0 Å². The van der Waals surface area contributed by atoms with Crippen LogP contribution >= 0.6 is 27.3 Å². The Balaban J connectivity index is 2.94. The first-order valence-electron chi connectivity index (χ1n) is 3.06. The van der Waals surface area contributed by atoms with E-state index in [4.69, 9.17) is 5.73 Å². The molecule has 0 amide bonds. The smallest absolute Gasteiger partial charge is 0.0972 e. The van der Waals surface area contributed by atoms with Gasteiger partial charge in [-0.15, -0.1) is 11.3 Å². The fourth-order valence-electron chi connectivity index (χ4n) is 0.924. The number of nitrogens with zero attached hydrogens (tertiary/aromatic N) is 1. The van der Waals surface area contributed by atoms with Crippen LogP contribution in [0, 0.1) is 0 Å². The van der Waals surface area contributed by atoms with Crippen LogP contribution in [0.1, 0.15) is 0 Å². The van der Waals surface area contributed by atoms with Gasteiger partial charge in [0.15, 0.2) is 0 Å². The predicted molar refractivity (Wildman–Crippen MR) is 51.7 cm³/mol. The van der Waals surface area contributed by atoms with Gasteiger partial charge in [-0.25, -0.2) is 0 Å². The second kappa shape index (κ2) is 2.46. The average Bonchev–Trinajstić information content (AvgIpc) is 2.35. The van der Waals surface area contributed by atoms with E-state index in [1.54, 1.807) is 17.5 Å². The van der Waals surface area contributed by atoms with Crippen molar-refractivity contribution in [2.45, 2.75) is 0 Å². The van der Waals surface area contributed by atoms with Gasteiger partial charge in [-0.05, 0) is 22.0 Å². The van der Waals surface area contributed by atoms with Crippen molar-refractivity contribution in [1.29, 1.82) is 0 Å². The molecule has 2 N–H and O–H groups in total. The first kappa shape index (κ1) is 7.06. The van der Waals surface area contributed by atoms with Crippen LogP contribution in [-0.4, -0.2) is 4.98 Å². The van der Waals surface area contributed by atoms with Crippen LogP contribution in [0.5, 0.6) is 0 Å². The summed E-state index contributed by atoms with van der Waals surface area (Å²) in [5.74, 6) is 0. The van der Waals surface area contributed by atoms with Crippen molar-refractivity contribution in [1.82, 2.24) is 4.98 Å². The summed E-state index contributed by atoms with van der Waals surface area (Å²) in [7, 11) is 0. The van der Waals surface area contributed by atoms with Gasteiger partial charge in [-0.3, -0.25) is 4.98 Å². The van der Waals surface area contributed by atoms with Crippen molar-refractivity contribution in [2.75, 3.05) is 5.73 Å². The van der Waals surface area contributed by atoms with E-state index in [-0.39, 0.29) is 0 Å². The topological polar surface area (TPSA) is 38.9 Å². The third kappa shape index (κ3) is 1.02. The summed E-state index contributed by atoms with van der Waals surface area (Å²) in [6, 6.07) is 1.81. The lowest BCUT2D eigenvalue weighted by Gasteiger charge is -1.92. The number of halogens is 1. The molecule has 0 aliphatic carbocycles. The lowest BCUT2D eigenvalue weighted by molar-refractivity contribution is 1.42. The van der Waals surface area contributed by atoms with Crippen LogP contribution in [0.3, 0.4) is 0 Å².